The van der Waals surface area contributed by atoms with Gasteiger partial charge in [-0.05, 0) is 36.5 Å². The van der Waals surface area contributed by atoms with E-state index in [1.165, 1.54) is 18.2 Å². The summed E-state index contributed by atoms with van der Waals surface area (Å²) < 4.78 is 43.9. The zero-order valence-corrected chi connectivity index (χ0v) is 19.3. The minimum atomic E-state index is -5.25. The summed E-state index contributed by atoms with van der Waals surface area (Å²) >= 11 is 11.8. The smallest absolute Gasteiger partial charge is 0.326 e. The Bertz CT molecular complexity index is 1020. The Hall–Kier alpha value is -2.06. The molecule has 1 atom stereocenters. The summed E-state index contributed by atoms with van der Waals surface area (Å²) in [5.74, 6) is -3.39. The first-order chi connectivity index (χ1) is 14.7. The fraction of sp³-hybridized carbons (Fsp3) is 0.500. The number of nitrogens with zero attached hydrogens (tertiary/aromatic N) is 1. The molecule has 5 nitrogen and oxygen atoms in total. The van der Waals surface area contributed by atoms with Gasteiger partial charge in [-0.25, -0.2) is 0 Å². The molecule has 0 fully saturated rings. The number of alkyl halides is 3. The minimum absolute atomic E-state index is 0.0208. The van der Waals surface area contributed by atoms with Gasteiger partial charge in [0.15, 0.2) is 5.78 Å². The average molecular weight is 491 g/mol. The van der Waals surface area contributed by atoms with Crippen molar-refractivity contribution in [3.63, 3.8) is 0 Å². The van der Waals surface area contributed by atoms with E-state index in [9.17, 15) is 27.6 Å². The van der Waals surface area contributed by atoms with Crippen molar-refractivity contribution in [3.8, 4) is 0 Å². The van der Waals surface area contributed by atoms with E-state index in [2.05, 4.69) is 0 Å². The van der Waals surface area contributed by atoms with E-state index in [4.69, 9.17) is 23.2 Å². The van der Waals surface area contributed by atoms with Gasteiger partial charge in [0.05, 0.1) is 16.2 Å². The molecular weight excluding hydrogens is 468 g/mol. The number of unbranched alkanes of at least 4 members (excludes halogenated alkanes) is 1. The molecule has 0 saturated carbocycles. The summed E-state index contributed by atoms with van der Waals surface area (Å²) in [6, 6.07) is 3.67. The fourth-order valence-corrected chi connectivity index (χ4v) is 4.78. The van der Waals surface area contributed by atoms with Crippen LogP contribution in [0.15, 0.2) is 29.5 Å². The lowest BCUT2D eigenvalue weighted by atomic mass is 9.72. The van der Waals surface area contributed by atoms with E-state index in [1.54, 1.807) is 13.8 Å². The van der Waals surface area contributed by atoms with Gasteiger partial charge >= 0.3 is 6.18 Å². The molecule has 0 saturated heterocycles. The third-order valence-corrected chi connectivity index (χ3v) is 6.30. The molecule has 1 aromatic carbocycles. The van der Waals surface area contributed by atoms with E-state index in [0.717, 1.165) is 4.90 Å². The summed E-state index contributed by atoms with van der Waals surface area (Å²) in [6.45, 7) is 5.38. The SMILES string of the molecule is CCCCN1C(=O)[C@](NC(=O)c2ccc(Cl)cc2Cl)(C(F)(F)F)C2=C1CC(C)(C)CC2=O. The topological polar surface area (TPSA) is 66.5 Å². The van der Waals surface area contributed by atoms with Gasteiger partial charge in [0.2, 0.25) is 5.54 Å². The van der Waals surface area contributed by atoms with Crippen molar-refractivity contribution in [1.29, 1.82) is 0 Å². The lowest BCUT2D eigenvalue weighted by molar-refractivity contribution is -0.190. The van der Waals surface area contributed by atoms with Crippen LogP contribution in [0.25, 0.3) is 0 Å². The molecule has 32 heavy (non-hydrogen) atoms. The van der Waals surface area contributed by atoms with Crippen LogP contribution in [-0.2, 0) is 9.59 Å². The average Bonchev–Trinajstić information content (AvgIpc) is 2.87. The Kier molecular flexibility index (Phi) is 6.43. The van der Waals surface area contributed by atoms with Gasteiger partial charge < -0.3 is 10.2 Å². The summed E-state index contributed by atoms with van der Waals surface area (Å²) in [5.41, 5.74) is -5.03. The maximum atomic E-state index is 14.6. The number of ketones is 1. The Morgan fingerprint density at radius 3 is 2.41 bits per heavy atom. The highest BCUT2D eigenvalue weighted by molar-refractivity contribution is 6.36. The molecule has 0 spiro atoms. The van der Waals surface area contributed by atoms with Crippen molar-refractivity contribution in [3.05, 3.63) is 45.1 Å². The van der Waals surface area contributed by atoms with Gasteiger partial charge in [-0.2, -0.15) is 13.2 Å². The first-order valence-corrected chi connectivity index (χ1v) is 10.9. The second kappa shape index (κ2) is 8.37. The number of carbonyl (C=O) groups excluding carboxylic acids is 3. The van der Waals surface area contributed by atoms with Crippen molar-refractivity contribution < 1.29 is 27.6 Å². The number of rotatable bonds is 5. The van der Waals surface area contributed by atoms with Crippen LogP contribution in [0, 0.1) is 5.41 Å². The predicted molar refractivity (Wildman–Crippen MR) is 114 cm³/mol. The van der Waals surface area contributed by atoms with Crippen LogP contribution < -0.4 is 5.32 Å². The van der Waals surface area contributed by atoms with Crippen LogP contribution in [-0.4, -0.2) is 40.8 Å². The maximum Gasteiger partial charge on any atom is 0.425 e. The number of hydrogen-bond acceptors (Lipinski definition) is 3. The number of halogens is 5. The Morgan fingerprint density at radius 2 is 1.84 bits per heavy atom. The molecule has 1 aromatic rings. The van der Waals surface area contributed by atoms with Gasteiger partial charge in [-0.15, -0.1) is 0 Å². The quantitative estimate of drug-likeness (QED) is 0.607. The number of carbonyl (C=O) groups is 3. The molecule has 0 bridgehead atoms. The molecule has 174 valence electrons. The van der Waals surface area contributed by atoms with Gasteiger partial charge in [0.1, 0.15) is 0 Å². The summed E-state index contributed by atoms with van der Waals surface area (Å²) in [5, 5.41) is 1.87. The highest BCUT2D eigenvalue weighted by atomic mass is 35.5. The highest BCUT2D eigenvalue weighted by Gasteiger charge is 2.71. The monoisotopic (exact) mass is 490 g/mol. The van der Waals surface area contributed by atoms with Gasteiger partial charge in [0.25, 0.3) is 11.8 Å². The Morgan fingerprint density at radius 1 is 1.19 bits per heavy atom. The van der Waals surface area contributed by atoms with E-state index < -0.39 is 40.3 Å². The van der Waals surface area contributed by atoms with E-state index in [1.807, 2.05) is 12.2 Å². The van der Waals surface area contributed by atoms with E-state index >= 15 is 0 Å². The Balaban J connectivity index is 2.18. The maximum absolute atomic E-state index is 14.6. The Labute approximate surface area is 193 Å². The van der Waals surface area contributed by atoms with Crippen molar-refractivity contribution in [2.45, 2.75) is 58.2 Å². The minimum Gasteiger partial charge on any atom is -0.326 e. The van der Waals surface area contributed by atoms with Crippen molar-refractivity contribution >= 4 is 40.8 Å². The number of Topliss-reactive ketones (excluding diaryl/α,β-unsaturated/α-hetero) is 1. The molecule has 1 heterocycles. The molecule has 1 aliphatic heterocycles. The van der Waals surface area contributed by atoms with Crippen molar-refractivity contribution in [2.75, 3.05) is 6.54 Å². The molecule has 0 unspecified atom stereocenters. The number of hydrogen-bond donors (Lipinski definition) is 1. The fourth-order valence-electron chi connectivity index (χ4n) is 4.29. The van der Waals surface area contributed by atoms with E-state index in [-0.39, 0.29) is 40.7 Å². The number of amides is 2. The lowest BCUT2D eigenvalue weighted by Crippen LogP contribution is -2.66. The molecule has 2 aliphatic rings. The first kappa shape index (κ1) is 24.6. The van der Waals surface area contributed by atoms with Crippen LogP contribution in [0.4, 0.5) is 13.2 Å². The standard InChI is InChI=1S/C22H23Cl2F3N2O3/c1-4-5-8-29-15-10-20(2,3)11-16(30)17(15)21(19(29)32,22(25,26)27)28-18(31)13-7-6-12(23)9-14(13)24/h6-7,9H,4-5,8,10-11H2,1-3H3,(H,28,31)/t21-/m0/s1. The zero-order valence-electron chi connectivity index (χ0n) is 17.8. The largest absolute Gasteiger partial charge is 0.425 e. The highest BCUT2D eigenvalue weighted by Crippen LogP contribution is 2.51. The molecule has 10 heteroatoms. The number of benzene rings is 1. The zero-order chi connectivity index (χ0) is 24.1. The van der Waals surface area contributed by atoms with Crippen LogP contribution >= 0.6 is 23.2 Å². The lowest BCUT2D eigenvalue weighted by Gasteiger charge is -2.35. The van der Waals surface area contributed by atoms with Gasteiger partial charge in [0, 0.05) is 23.7 Å². The summed E-state index contributed by atoms with van der Waals surface area (Å²) in [6.07, 6.45) is -4.23. The summed E-state index contributed by atoms with van der Waals surface area (Å²) in [4.78, 5) is 40.3. The first-order valence-electron chi connectivity index (χ1n) is 10.2. The molecular formula is C22H23Cl2F3N2O3. The molecule has 2 amide bonds. The molecule has 1 aliphatic carbocycles. The predicted octanol–water partition coefficient (Wildman–Crippen LogP) is 5.31. The number of allylic oxidation sites excluding steroid dienone is 1. The van der Waals surface area contributed by atoms with Gasteiger partial charge in [-0.1, -0.05) is 50.4 Å². The van der Waals surface area contributed by atoms with Crippen LogP contribution in [0.3, 0.4) is 0 Å². The number of nitrogens with one attached hydrogen (secondary N) is 1. The molecule has 0 radical (unpaired) electrons. The molecule has 0 aromatic heterocycles. The third kappa shape index (κ3) is 4.03. The summed E-state index contributed by atoms with van der Waals surface area (Å²) in [7, 11) is 0. The van der Waals surface area contributed by atoms with E-state index in [0.29, 0.717) is 12.8 Å². The van der Waals surface area contributed by atoms with Crippen LogP contribution in [0.5, 0.6) is 0 Å². The third-order valence-electron chi connectivity index (χ3n) is 5.76. The van der Waals surface area contributed by atoms with Crippen LogP contribution in [0.2, 0.25) is 10.0 Å². The van der Waals surface area contributed by atoms with Crippen molar-refractivity contribution in [2.24, 2.45) is 5.41 Å². The van der Waals surface area contributed by atoms with Gasteiger partial charge in [-0.3, -0.25) is 14.4 Å². The second-order valence-corrected chi connectivity index (χ2v) is 9.74. The molecule has 1 N–H and O–H groups in total. The van der Waals surface area contributed by atoms with Crippen LogP contribution in [0.1, 0.15) is 56.8 Å². The second-order valence-electron chi connectivity index (χ2n) is 8.90. The van der Waals surface area contributed by atoms with Crippen molar-refractivity contribution in [1.82, 2.24) is 10.2 Å². The molecule has 3 rings (SSSR count). The normalized spacial score (nSPS) is 22.9.